The first-order valence-corrected chi connectivity index (χ1v) is 4.56. The van der Waals surface area contributed by atoms with Gasteiger partial charge in [-0.1, -0.05) is 0 Å². The van der Waals surface area contributed by atoms with Gasteiger partial charge in [-0.3, -0.25) is 0 Å². The van der Waals surface area contributed by atoms with Crippen molar-refractivity contribution in [1.82, 2.24) is 5.32 Å². The summed E-state index contributed by atoms with van der Waals surface area (Å²) in [7, 11) is 0. The molecule has 0 radical (unpaired) electrons. The highest BCUT2D eigenvalue weighted by molar-refractivity contribution is 8.00. The average molecular weight is 185 g/mol. The first kappa shape index (κ1) is 9.19. The fourth-order valence-corrected chi connectivity index (χ4v) is 1.44. The van der Waals surface area contributed by atoms with E-state index < -0.39 is 12.2 Å². The second-order valence-corrected chi connectivity index (χ2v) is 3.74. The number of alkyl halides is 3. The van der Waals surface area contributed by atoms with Crippen LogP contribution >= 0.6 is 11.8 Å². The van der Waals surface area contributed by atoms with E-state index in [1.165, 1.54) is 0 Å². The molecular formula is C6H10F3NS. The molecule has 1 saturated heterocycles. The lowest BCUT2D eigenvalue weighted by Gasteiger charge is -2.30. The maximum Gasteiger partial charge on any atom is 0.403 e. The lowest BCUT2D eigenvalue weighted by molar-refractivity contribution is -0.152. The van der Waals surface area contributed by atoms with E-state index in [0.29, 0.717) is 0 Å². The molecule has 5 heteroatoms. The van der Waals surface area contributed by atoms with E-state index >= 15 is 0 Å². The molecule has 0 aliphatic carbocycles. The quantitative estimate of drug-likeness (QED) is 0.702. The predicted molar refractivity (Wildman–Crippen MR) is 39.8 cm³/mol. The molecular weight excluding hydrogens is 175 g/mol. The Bertz CT molecular complexity index is 132. The van der Waals surface area contributed by atoms with Crippen molar-refractivity contribution in [2.75, 3.05) is 11.5 Å². The predicted octanol–water partition coefficient (Wildman–Crippen LogP) is 1.64. The van der Waals surface area contributed by atoms with Crippen LogP contribution < -0.4 is 5.32 Å². The van der Waals surface area contributed by atoms with E-state index in [-0.39, 0.29) is 6.04 Å². The number of nitrogens with one attached hydrogen (secondary N) is 1. The first-order chi connectivity index (χ1) is 5.00. The summed E-state index contributed by atoms with van der Waals surface area (Å²) in [5, 5.41) is 2.51. The first-order valence-electron chi connectivity index (χ1n) is 3.40. The molecule has 11 heavy (non-hydrogen) atoms. The molecule has 0 aromatic carbocycles. The molecule has 66 valence electrons. The van der Waals surface area contributed by atoms with Crippen molar-refractivity contribution in [1.29, 1.82) is 0 Å². The zero-order valence-corrected chi connectivity index (χ0v) is 6.93. The third-order valence-electron chi connectivity index (χ3n) is 1.61. The monoisotopic (exact) mass is 185 g/mol. The number of hydrogen-bond donors (Lipinski definition) is 1. The number of rotatable bonds is 2. The van der Waals surface area contributed by atoms with E-state index in [1.807, 2.05) is 0 Å². The molecule has 1 aliphatic heterocycles. The third-order valence-corrected chi connectivity index (χ3v) is 2.89. The van der Waals surface area contributed by atoms with Gasteiger partial charge in [-0.25, -0.2) is 0 Å². The number of hydrogen-bond acceptors (Lipinski definition) is 2. The van der Waals surface area contributed by atoms with Gasteiger partial charge in [-0.05, 0) is 6.92 Å². The highest BCUT2D eigenvalue weighted by Gasteiger charge is 2.37. The Balaban J connectivity index is 2.24. The Morgan fingerprint density at radius 3 is 2.27 bits per heavy atom. The Morgan fingerprint density at radius 2 is 2.00 bits per heavy atom. The van der Waals surface area contributed by atoms with Gasteiger partial charge in [0.1, 0.15) is 6.04 Å². The van der Waals surface area contributed by atoms with E-state index in [0.717, 1.165) is 18.4 Å². The van der Waals surface area contributed by atoms with Gasteiger partial charge in [0.15, 0.2) is 0 Å². The summed E-state index contributed by atoms with van der Waals surface area (Å²) in [5.41, 5.74) is 0. The molecule has 1 atom stereocenters. The summed E-state index contributed by atoms with van der Waals surface area (Å²) in [6.45, 7) is 1.16. The van der Waals surface area contributed by atoms with Crippen molar-refractivity contribution in [2.24, 2.45) is 0 Å². The summed E-state index contributed by atoms with van der Waals surface area (Å²) < 4.78 is 35.7. The van der Waals surface area contributed by atoms with E-state index in [9.17, 15) is 13.2 Å². The highest BCUT2D eigenvalue weighted by atomic mass is 32.2. The van der Waals surface area contributed by atoms with E-state index in [4.69, 9.17) is 0 Å². The van der Waals surface area contributed by atoms with Crippen LogP contribution in [0.3, 0.4) is 0 Å². The van der Waals surface area contributed by atoms with Crippen LogP contribution in [0.5, 0.6) is 0 Å². The molecule has 1 nitrogen and oxygen atoms in total. The second-order valence-electron chi connectivity index (χ2n) is 2.66. The minimum atomic E-state index is -4.10. The van der Waals surface area contributed by atoms with Gasteiger partial charge >= 0.3 is 6.18 Å². The zero-order chi connectivity index (χ0) is 8.48. The number of thioether (sulfide) groups is 1. The van der Waals surface area contributed by atoms with Crippen LogP contribution in [0.2, 0.25) is 0 Å². The van der Waals surface area contributed by atoms with Crippen LogP contribution in [-0.2, 0) is 0 Å². The van der Waals surface area contributed by atoms with Gasteiger partial charge in [0.2, 0.25) is 0 Å². The van der Waals surface area contributed by atoms with Crippen LogP contribution in [0.25, 0.3) is 0 Å². The van der Waals surface area contributed by atoms with Crippen LogP contribution in [0.4, 0.5) is 13.2 Å². The molecule has 0 amide bonds. The maximum absolute atomic E-state index is 11.9. The summed E-state index contributed by atoms with van der Waals surface area (Å²) >= 11 is 1.67. The molecule has 1 unspecified atom stereocenters. The molecule has 0 aromatic rings. The molecule has 1 aliphatic rings. The summed E-state index contributed by atoms with van der Waals surface area (Å²) in [4.78, 5) is 0. The maximum atomic E-state index is 11.9. The van der Waals surface area contributed by atoms with Crippen molar-refractivity contribution >= 4 is 11.8 Å². The van der Waals surface area contributed by atoms with Gasteiger partial charge in [0.25, 0.3) is 0 Å². The molecule has 0 saturated carbocycles. The number of halogens is 3. The molecule has 1 heterocycles. The van der Waals surface area contributed by atoms with Crippen molar-refractivity contribution in [2.45, 2.75) is 25.2 Å². The fraction of sp³-hybridized carbons (Fsp3) is 1.00. The van der Waals surface area contributed by atoms with Gasteiger partial charge in [0, 0.05) is 17.5 Å². The van der Waals surface area contributed by atoms with Gasteiger partial charge in [-0.15, -0.1) is 0 Å². The Labute approximate surface area is 67.7 Å². The topological polar surface area (TPSA) is 12.0 Å². The summed E-state index contributed by atoms with van der Waals surface area (Å²) in [5.74, 6) is 1.61. The van der Waals surface area contributed by atoms with Crippen LogP contribution in [0.15, 0.2) is 0 Å². The summed E-state index contributed by atoms with van der Waals surface area (Å²) in [6, 6.07) is -1.30. The van der Waals surface area contributed by atoms with Gasteiger partial charge in [-0.2, -0.15) is 24.9 Å². The second kappa shape index (κ2) is 3.23. The largest absolute Gasteiger partial charge is 0.403 e. The Kier molecular flexibility index (Phi) is 2.70. The standard InChI is InChI=1S/C6H10F3NS/c1-4(6(7,8)9)10-5-2-11-3-5/h4-5,10H,2-3H2,1H3. The Hall–Kier alpha value is 0.100. The minimum Gasteiger partial charge on any atom is -0.302 e. The average Bonchev–Trinajstić information content (AvgIpc) is 1.75. The molecule has 0 aromatic heterocycles. The van der Waals surface area contributed by atoms with Crippen molar-refractivity contribution in [3.63, 3.8) is 0 Å². The normalized spacial score (nSPS) is 22.9. The van der Waals surface area contributed by atoms with Crippen LogP contribution in [-0.4, -0.2) is 29.8 Å². The molecule has 1 fully saturated rings. The van der Waals surface area contributed by atoms with Crippen molar-refractivity contribution < 1.29 is 13.2 Å². The van der Waals surface area contributed by atoms with E-state index in [1.54, 1.807) is 11.8 Å². The smallest absolute Gasteiger partial charge is 0.302 e. The lowest BCUT2D eigenvalue weighted by Crippen LogP contribution is -2.50. The minimum absolute atomic E-state index is 0.0663. The third kappa shape index (κ3) is 2.56. The Morgan fingerprint density at radius 1 is 1.45 bits per heavy atom. The SMILES string of the molecule is CC(NC1CSC1)C(F)(F)F. The molecule has 0 bridgehead atoms. The van der Waals surface area contributed by atoms with Gasteiger partial charge in [0.05, 0.1) is 0 Å². The molecule has 1 rings (SSSR count). The zero-order valence-electron chi connectivity index (χ0n) is 6.11. The van der Waals surface area contributed by atoms with Crippen molar-refractivity contribution in [3.8, 4) is 0 Å². The molecule has 1 N–H and O–H groups in total. The van der Waals surface area contributed by atoms with Crippen LogP contribution in [0.1, 0.15) is 6.92 Å². The molecule has 0 spiro atoms. The lowest BCUT2D eigenvalue weighted by atomic mass is 10.2. The fourth-order valence-electron chi connectivity index (χ4n) is 0.780. The highest BCUT2D eigenvalue weighted by Crippen LogP contribution is 2.23. The summed E-state index contributed by atoms with van der Waals surface area (Å²) in [6.07, 6.45) is -4.10. The van der Waals surface area contributed by atoms with E-state index in [2.05, 4.69) is 5.32 Å². The van der Waals surface area contributed by atoms with Gasteiger partial charge < -0.3 is 5.32 Å². The van der Waals surface area contributed by atoms with Crippen molar-refractivity contribution in [3.05, 3.63) is 0 Å². The van der Waals surface area contributed by atoms with Crippen LogP contribution in [0, 0.1) is 0 Å².